The zero-order valence-corrected chi connectivity index (χ0v) is 11.8. The van der Waals surface area contributed by atoms with Crippen LogP contribution in [0.4, 0.5) is 0 Å². The molecule has 2 unspecified atom stereocenters. The molecule has 1 aliphatic rings. The van der Waals surface area contributed by atoms with Crippen LogP contribution in [0.15, 0.2) is 24.3 Å². The molecule has 3 heteroatoms. The van der Waals surface area contributed by atoms with Gasteiger partial charge in [0.1, 0.15) is 5.75 Å². The van der Waals surface area contributed by atoms with Crippen LogP contribution < -0.4 is 10.5 Å². The summed E-state index contributed by atoms with van der Waals surface area (Å²) in [6.45, 7) is 2.15. The fourth-order valence-electron chi connectivity index (χ4n) is 3.53. The Bertz CT molecular complexity index is 441. The van der Waals surface area contributed by atoms with Crippen molar-refractivity contribution >= 4 is 5.91 Å². The summed E-state index contributed by atoms with van der Waals surface area (Å²) in [5.74, 6) is 0.989. The molecule has 1 aliphatic carbocycles. The van der Waals surface area contributed by atoms with Crippen LogP contribution in [0.1, 0.15) is 44.6 Å². The molecule has 0 radical (unpaired) electrons. The summed E-state index contributed by atoms with van der Waals surface area (Å²) >= 11 is 0. The lowest BCUT2D eigenvalue weighted by molar-refractivity contribution is -0.127. The van der Waals surface area contributed by atoms with Crippen LogP contribution >= 0.6 is 0 Å². The molecule has 3 nitrogen and oxygen atoms in total. The van der Waals surface area contributed by atoms with Crippen molar-refractivity contribution in [2.24, 2.45) is 11.7 Å². The van der Waals surface area contributed by atoms with Crippen molar-refractivity contribution in [2.45, 2.75) is 44.4 Å². The largest absolute Gasteiger partial charge is 0.497 e. The van der Waals surface area contributed by atoms with Gasteiger partial charge in [-0.2, -0.15) is 0 Å². The van der Waals surface area contributed by atoms with E-state index in [1.165, 1.54) is 6.42 Å². The van der Waals surface area contributed by atoms with Gasteiger partial charge in [-0.15, -0.1) is 0 Å². The maximum Gasteiger partial charge on any atom is 0.228 e. The first kappa shape index (κ1) is 13.9. The average Bonchev–Trinajstić information content (AvgIpc) is 2.46. The lowest BCUT2D eigenvalue weighted by Crippen LogP contribution is -2.48. The molecule has 2 atom stereocenters. The van der Waals surface area contributed by atoms with E-state index in [4.69, 9.17) is 10.5 Å². The molecular weight excluding hydrogens is 238 g/mol. The highest BCUT2D eigenvalue weighted by atomic mass is 16.5. The molecule has 1 saturated carbocycles. The highest BCUT2D eigenvalue weighted by Crippen LogP contribution is 2.45. The molecule has 0 heterocycles. The number of amides is 1. The second-order valence-corrected chi connectivity index (χ2v) is 5.42. The van der Waals surface area contributed by atoms with Crippen LogP contribution in [0, 0.1) is 5.92 Å². The monoisotopic (exact) mass is 261 g/mol. The lowest BCUT2D eigenvalue weighted by Gasteiger charge is -2.42. The minimum absolute atomic E-state index is 0.177. The van der Waals surface area contributed by atoms with Gasteiger partial charge in [-0.05, 0) is 36.5 Å². The molecular formula is C16H23NO2. The molecule has 2 rings (SSSR count). The lowest BCUT2D eigenvalue weighted by atomic mass is 9.61. The number of ether oxygens (including phenoxy) is 1. The highest BCUT2D eigenvalue weighted by molar-refractivity contribution is 5.87. The summed E-state index contributed by atoms with van der Waals surface area (Å²) in [5.41, 5.74) is 6.36. The molecule has 2 N–H and O–H groups in total. The van der Waals surface area contributed by atoms with Crippen LogP contribution in [0.3, 0.4) is 0 Å². The number of primary amides is 1. The van der Waals surface area contributed by atoms with E-state index in [2.05, 4.69) is 6.92 Å². The number of nitrogens with two attached hydrogens (primary N) is 1. The first-order valence-electron chi connectivity index (χ1n) is 7.09. The number of hydrogen-bond donors (Lipinski definition) is 1. The van der Waals surface area contributed by atoms with Gasteiger partial charge >= 0.3 is 0 Å². The summed E-state index contributed by atoms with van der Waals surface area (Å²) < 4.78 is 5.19. The van der Waals surface area contributed by atoms with Gasteiger partial charge in [-0.25, -0.2) is 0 Å². The second-order valence-electron chi connectivity index (χ2n) is 5.42. The molecule has 0 bridgehead atoms. The third kappa shape index (κ3) is 2.34. The maximum absolute atomic E-state index is 12.2. The third-order valence-electron chi connectivity index (χ3n) is 4.61. The standard InChI is InChI=1S/C16H23NO2/c1-3-12-6-4-5-11-16(12,15(17)18)13-7-9-14(19-2)10-8-13/h7-10,12H,3-6,11H2,1-2H3,(H2,17,18). The topological polar surface area (TPSA) is 52.3 Å². The molecule has 0 aliphatic heterocycles. The van der Waals surface area contributed by atoms with Crippen LogP contribution in [0.25, 0.3) is 0 Å². The van der Waals surface area contributed by atoms with E-state index in [1.54, 1.807) is 7.11 Å². The van der Waals surface area contributed by atoms with Crippen LogP contribution in [0.2, 0.25) is 0 Å². The van der Waals surface area contributed by atoms with Crippen molar-refractivity contribution in [3.63, 3.8) is 0 Å². The fraction of sp³-hybridized carbons (Fsp3) is 0.562. The zero-order valence-electron chi connectivity index (χ0n) is 11.8. The minimum atomic E-state index is -0.487. The number of benzene rings is 1. The second kappa shape index (κ2) is 5.64. The third-order valence-corrected chi connectivity index (χ3v) is 4.61. The highest BCUT2D eigenvalue weighted by Gasteiger charge is 2.46. The molecule has 0 saturated heterocycles. The molecule has 0 aromatic heterocycles. The van der Waals surface area contributed by atoms with Gasteiger partial charge in [0, 0.05) is 0 Å². The fourth-order valence-corrected chi connectivity index (χ4v) is 3.53. The summed E-state index contributed by atoms with van der Waals surface area (Å²) in [5, 5.41) is 0. The van der Waals surface area contributed by atoms with E-state index in [-0.39, 0.29) is 5.91 Å². The predicted molar refractivity (Wildman–Crippen MR) is 76.1 cm³/mol. The normalized spacial score (nSPS) is 26.9. The van der Waals surface area contributed by atoms with Crippen molar-refractivity contribution in [1.82, 2.24) is 0 Å². The Balaban J connectivity index is 2.44. The summed E-state index contributed by atoms with van der Waals surface area (Å²) in [7, 11) is 1.65. The van der Waals surface area contributed by atoms with Crippen molar-refractivity contribution in [2.75, 3.05) is 7.11 Å². The molecule has 104 valence electrons. The van der Waals surface area contributed by atoms with Gasteiger partial charge in [0.05, 0.1) is 12.5 Å². The molecule has 1 fully saturated rings. The van der Waals surface area contributed by atoms with Crippen LogP contribution in [-0.4, -0.2) is 13.0 Å². The van der Waals surface area contributed by atoms with Gasteiger partial charge < -0.3 is 10.5 Å². The summed E-state index contributed by atoms with van der Waals surface area (Å²) in [6, 6.07) is 7.83. The zero-order chi connectivity index (χ0) is 13.9. The van der Waals surface area contributed by atoms with Crippen LogP contribution in [0.5, 0.6) is 5.75 Å². The van der Waals surface area contributed by atoms with E-state index >= 15 is 0 Å². The number of methoxy groups -OCH3 is 1. The molecule has 1 aromatic carbocycles. The van der Waals surface area contributed by atoms with Crippen molar-refractivity contribution in [1.29, 1.82) is 0 Å². The first-order chi connectivity index (χ1) is 9.15. The van der Waals surface area contributed by atoms with E-state index in [0.29, 0.717) is 5.92 Å². The van der Waals surface area contributed by atoms with E-state index in [1.807, 2.05) is 24.3 Å². The number of rotatable bonds is 4. The van der Waals surface area contributed by atoms with Gasteiger partial charge in [-0.3, -0.25) is 4.79 Å². The Morgan fingerprint density at radius 1 is 1.37 bits per heavy atom. The van der Waals surface area contributed by atoms with Gasteiger partial charge in [-0.1, -0.05) is 38.3 Å². The molecule has 1 amide bonds. The summed E-state index contributed by atoms with van der Waals surface area (Å²) in [6.07, 6.45) is 5.22. The van der Waals surface area contributed by atoms with Crippen molar-refractivity contribution in [3.8, 4) is 5.75 Å². The van der Waals surface area contributed by atoms with Gasteiger partial charge in [0.15, 0.2) is 0 Å². The maximum atomic E-state index is 12.2. The Labute approximate surface area is 115 Å². The van der Waals surface area contributed by atoms with E-state index in [0.717, 1.165) is 37.0 Å². The Kier molecular flexibility index (Phi) is 4.13. The minimum Gasteiger partial charge on any atom is -0.497 e. The van der Waals surface area contributed by atoms with Gasteiger partial charge in [0.25, 0.3) is 0 Å². The predicted octanol–water partition coefficient (Wildman–Crippen LogP) is 3.02. The Morgan fingerprint density at radius 3 is 2.58 bits per heavy atom. The quantitative estimate of drug-likeness (QED) is 0.905. The van der Waals surface area contributed by atoms with E-state index < -0.39 is 5.41 Å². The SMILES string of the molecule is CCC1CCCCC1(C(N)=O)c1ccc(OC)cc1. The number of carbonyl (C=O) groups is 1. The molecule has 1 aromatic rings. The number of carbonyl (C=O) groups excluding carboxylic acids is 1. The smallest absolute Gasteiger partial charge is 0.228 e. The summed E-state index contributed by atoms with van der Waals surface area (Å²) in [4.78, 5) is 12.2. The van der Waals surface area contributed by atoms with Gasteiger partial charge in [0.2, 0.25) is 5.91 Å². The first-order valence-corrected chi connectivity index (χ1v) is 7.09. The van der Waals surface area contributed by atoms with Crippen molar-refractivity contribution in [3.05, 3.63) is 29.8 Å². The average molecular weight is 261 g/mol. The number of hydrogen-bond acceptors (Lipinski definition) is 2. The van der Waals surface area contributed by atoms with E-state index in [9.17, 15) is 4.79 Å². The molecule has 0 spiro atoms. The van der Waals surface area contributed by atoms with Crippen LogP contribution in [-0.2, 0) is 10.2 Å². The molecule has 19 heavy (non-hydrogen) atoms. The van der Waals surface area contributed by atoms with Crippen molar-refractivity contribution < 1.29 is 9.53 Å². The Hall–Kier alpha value is -1.51. The Morgan fingerprint density at radius 2 is 2.05 bits per heavy atom.